The zero-order valence-electron chi connectivity index (χ0n) is 23.1. The molecule has 0 spiro atoms. The number of amides is 2. The number of nitrogens with one attached hydrogen (secondary N) is 1. The second kappa shape index (κ2) is 13.8. The molecule has 0 aliphatic rings. The van der Waals surface area contributed by atoms with Crippen molar-refractivity contribution in [2.45, 2.75) is 50.9 Å². The summed E-state index contributed by atoms with van der Waals surface area (Å²) in [6.07, 6.45) is -4.24. The SMILES string of the molecule is CCCNC(=O)[C@@H](C)N(Cc1ccc(Cl)cc1)C(=O)CN(c1ccc(Cl)c(C(F)(F)F)c1)S(=O)(=O)c1ccc(C)cc1. The van der Waals surface area contributed by atoms with Crippen LogP contribution in [0.1, 0.15) is 37.0 Å². The maximum absolute atomic E-state index is 13.9. The lowest BCUT2D eigenvalue weighted by atomic mass is 10.1. The van der Waals surface area contributed by atoms with Crippen molar-refractivity contribution in [2.24, 2.45) is 0 Å². The number of hydrogen-bond donors (Lipinski definition) is 1. The highest BCUT2D eigenvalue weighted by Crippen LogP contribution is 2.38. The van der Waals surface area contributed by atoms with Gasteiger partial charge >= 0.3 is 6.18 Å². The summed E-state index contributed by atoms with van der Waals surface area (Å²) in [5.74, 6) is -1.29. The molecular formula is C29H30Cl2F3N3O4S. The van der Waals surface area contributed by atoms with E-state index < -0.39 is 56.9 Å². The molecule has 3 aromatic carbocycles. The Morgan fingerprint density at radius 3 is 2.17 bits per heavy atom. The second-order valence-corrected chi connectivity index (χ2v) is 12.3. The Morgan fingerprint density at radius 2 is 1.60 bits per heavy atom. The third-order valence-electron chi connectivity index (χ3n) is 6.41. The third-order valence-corrected chi connectivity index (χ3v) is 8.78. The molecule has 0 unspecified atom stereocenters. The van der Waals surface area contributed by atoms with Gasteiger partial charge in [-0.1, -0.05) is 60.0 Å². The number of nitrogens with zero attached hydrogens (tertiary/aromatic N) is 2. The van der Waals surface area contributed by atoms with E-state index in [2.05, 4.69) is 5.32 Å². The molecule has 0 saturated heterocycles. The quantitative estimate of drug-likeness (QED) is 0.260. The van der Waals surface area contributed by atoms with Crippen molar-refractivity contribution >= 4 is 50.7 Å². The molecule has 0 saturated carbocycles. The van der Waals surface area contributed by atoms with Crippen LogP contribution in [0.15, 0.2) is 71.6 Å². The topological polar surface area (TPSA) is 86.8 Å². The van der Waals surface area contributed by atoms with Gasteiger partial charge in [-0.25, -0.2) is 8.42 Å². The van der Waals surface area contributed by atoms with E-state index in [0.717, 1.165) is 17.7 Å². The predicted octanol–water partition coefficient (Wildman–Crippen LogP) is 6.46. The van der Waals surface area contributed by atoms with Gasteiger partial charge in [-0.2, -0.15) is 13.2 Å². The Bertz CT molecular complexity index is 1520. The van der Waals surface area contributed by atoms with E-state index in [4.69, 9.17) is 23.2 Å². The van der Waals surface area contributed by atoms with E-state index in [9.17, 15) is 31.2 Å². The number of rotatable bonds is 11. The van der Waals surface area contributed by atoms with Gasteiger partial charge in [-0.05, 0) is 68.3 Å². The van der Waals surface area contributed by atoms with Crippen LogP contribution in [0.25, 0.3) is 0 Å². The summed E-state index contributed by atoms with van der Waals surface area (Å²) in [6.45, 7) is 4.45. The van der Waals surface area contributed by atoms with E-state index in [1.165, 1.54) is 36.1 Å². The van der Waals surface area contributed by atoms with Crippen molar-refractivity contribution in [1.82, 2.24) is 10.2 Å². The first-order valence-corrected chi connectivity index (χ1v) is 15.1. The number of anilines is 1. The summed E-state index contributed by atoms with van der Waals surface area (Å²) in [7, 11) is -4.56. The first-order chi connectivity index (χ1) is 19.6. The maximum atomic E-state index is 13.9. The van der Waals surface area contributed by atoms with Crippen LogP contribution in [0.3, 0.4) is 0 Å². The smallest absolute Gasteiger partial charge is 0.354 e. The molecule has 226 valence electrons. The molecule has 0 radical (unpaired) electrons. The Balaban J connectivity index is 2.11. The number of carbonyl (C=O) groups excluding carboxylic acids is 2. The fraction of sp³-hybridized carbons (Fsp3) is 0.310. The molecule has 13 heteroatoms. The number of alkyl halides is 3. The van der Waals surface area contributed by atoms with Crippen LogP contribution in [-0.4, -0.2) is 44.3 Å². The van der Waals surface area contributed by atoms with Crippen molar-refractivity contribution in [2.75, 3.05) is 17.4 Å². The van der Waals surface area contributed by atoms with Crippen LogP contribution in [0.5, 0.6) is 0 Å². The Kier molecular flexibility index (Phi) is 10.9. The maximum Gasteiger partial charge on any atom is 0.417 e. The van der Waals surface area contributed by atoms with Gasteiger partial charge in [0.2, 0.25) is 11.8 Å². The zero-order chi connectivity index (χ0) is 31.2. The average molecular weight is 645 g/mol. The summed E-state index contributed by atoms with van der Waals surface area (Å²) in [4.78, 5) is 27.7. The van der Waals surface area contributed by atoms with Crippen molar-refractivity contribution < 1.29 is 31.2 Å². The molecule has 0 fully saturated rings. The minimum Gasteiger partial charge on any atom is -0.354 e. The van der Waals surface area contributed by atoms with Gasteiger partial charge in [0, 0.05) is 18.1 Å². The van der Waals surface area contributed by atoms with Crippen LogP contribution in [0.2, 0.25) is 10.0 Å². The number of benzene rings is 3. The first-order valence-electron chi connectivity index (χ1n) is 12.9. The summed E-state index contributed by atoms with van der Waals surface area (Å²) in [5.41, 5.74) is -0.330. The first kappa shape index (κ1) is 33.2. The van der Waals surface area contributed by atoms with E-state index in [1.807, 2.05) is 6.92 Å². The van der Waals surface area contributed by atoms with Gasteiger partial charge in [-0.3, -0.25) is 13.9 Å². The largest absolute Gasteiger partial charge is 0.417 e. The van der Waals surface area contributed by atoms with Crippen LogP contribution >= 0.6 is 23.2 Å². The molecule has 0 bridgehead atoms. The lowest BCUT2D eigenvalue weighted by Crippen LogP contribution is -2.51. The Labute approximate surface area is 253 Å². The molecule has 2 amide bonds. The van der Waals surface area contributed by atoms with E-state index in [0.29, 0.717) is 33.9 Å². The number of sulfonamides is 1. The van der Waals surface area contributed by atoms with Crippen molar-refractivity contribution in [3.8, 4) is 0 Å². The number of carbonyl (C=O) groups is 2. The molecule has 0 aliphatic heterocycles. The van der Waals surface area contributed by atoms with Crippen molar-refractivity contribution in [3.63, 3.8) is 0 Å². The molecule has 42 heavy (non-hydrogen) atoms. The van der Waals surface area contributed by atoms with Crippen LogP contribution in [0.4, 0.5) is 18.9 Å². The molecule has 3 rings (SSSR count). The minimum atomic E-state index is -4.89. The zero-order valence-corrected chi connectivity index (χ0v) is 25.4. The van der Waals surface area contributed by atoms with Gasteiger partial charge in [-0.15, -0.1) is 0 Å². The fourth-order valence-electron chi connectivity index (χ4n) is 4.02. The summed E-state index contributed by atoms with van der Waals surface area (Å²) in [6, 6.07) is 13.7. The van der Waals surface area contributed by atoms with Crippen LogP contribution < -0.4 is 9.62 Å². The predicted molar refractivity (Wildman–Crippen MR) is 157 cm³/mol. The van der Waals surface area contributed by atoms with E-state index in [1.54, 1.807) is 31.2 Å². The number of halogens is 5. The van der Waals surface area contributed by atoms with Gasteiger partial charge in [0.05, 0.1) is 21.2 Å². The highest BCUT2D eigenvalue weighted by Gasteiger charge is 2.37. The van der Waals surface area contributed by atoms with Gasteiger partial charge < -0.3 is 10.2 Å². The Morgan fingerprint density at radius 1 is 0.976 bits per heavy atom. The summed E-state index contributed by atoms with van der Waals surface area (Å²) < 4.78 is 69.5. The molecule has 0 aromatic heterocycles. The monoisotopic (exact) mass is 643 g/mol. The number of hydrogen-bond acceptors (Lipinski definition) is 4. The number of aryl methyl sites for hydroxylation is 1. The third kappa shape index (κ3) is 8.17. The van der Waals surface area contributed by atoms with Crippen molar-refractivity contribution in [3.05, 3.63) is 93.5 Å². The molecule has 7 nitrogen and oxygen atoms in total. The summed E-state index contributed by atoms with van der Waals surface area (Å²) in [5, 5.41) is 2.53. The molecule has 1 atom stereocenters. The highest BCUT2D eigenvalue weighted by molar-refractivity contribution is 7.92. The molecule has 0 heterocycles. The Hall–Kier alpha value is -3.28. The molecular weight excluding hydrogens is 614 g/mol. The van der Waals surface area contributed by atoms with Crippen LogP contribution in [0, 0.1) is 6.92 Å². The fourth-order valence-corrected chi connectivity index (χ4v) is 5.77. The lowest BCUT2D eigenvalue weighted by Gasteiger charge is -2.32. The molecule has 0 aliphatic carbocycles. The summed E-state index contributed by atoms with van der Waals surface area (Å²) >= 11 is 11.8. The van der Waals surface area contributed by atoms with E-state index >= 15 is 0 Å². The van der Waals surface area contributed by atoms with Gasteiger partial charge in [0.15, 0.2) is 0 Å². The highest BCUT2D eigenvalue weighted by atomic mass is 35.5. The normalized spacial score (nSPS) is 12.5. The molecule has 3 aromatic rings. The van der Waals surface area contributed by atoms with Gasteiger partial charge in [0.1, 0.15) is 12.6 Å². The average Bonchev–Trinajstić information content (AvgIpc) is 2.93. The van der Waals surface area contributed by atoms with E-state index in [-0.39, 0.29) is 11.4 Å². The minimum absolute atomic E-state index is 0.0937. The molecule has 1 N–H and O–H groups in total. The lowest BCUT2D eigenvalue weighted by molar-refractivity contribution is -0.139. The standard InChI is InChI=1S/C29H30Cl2F3N3O4S/c1-4-15-35-28(39)20(3)36(17-21-7-9-22(30)10-8-21)27(38)18-37(42(40,41)24-12-5-19(2)6-13-24)23-11-14-26(31)25(16-23)29(32,33)34/h5-14,16,20H,4,15,17-18H2,1-3H3,(H,35,39)/t20-/m1/s1. The second-order valence-electron chi connectivity index (χ2n) is 9.60. The van der Waals surface area contributed by atoms with Gasteiger partial charge in [0.25, 0.3) is 10.0 Å². The van der Waals surface area contributed by atoms with Crippen molar-refractivity contribution in [1.29, 1.82) is 0 Å². The van der Waals surface area contributed by atoms with Crippen LogP contribution in [-0.2, 0) is 32.3 Å².